The van der Waals surface area contributed by atoms with Crippen LogP contribution in [0.5, 0.6) is 5.75 Å². The summed E-state index contributed by atoms with van der Waals surface area (Å²) in [7, 11) is 0. The van der Waals surface area contributed by atoms with Crippen molar-refractivity contribution >= 4 is 46.7 Å². The van der Waals surface area contributed by atoms with Crippen LogP contribution < -0.4 is 10.2 Å². The number of hydrazone groups is 1. The van der Waals surface area contributed by atoms with Crippen molar-refractivity contribution in [1.29, 1.82) is 0 Å². The van der Waals surface area contributed by atoms with Gasteiger partial charge in [-0.1, -0.05) is 23.2 Å². The van der Waals surface area contributed by atoms with Gasteiger partial charge >= 0.3 is 0 Å². The Balaban J connectivity index is 1.65. The van der Waals surface area contributed by atoms with Crippen molar-refractivity contribution in [2.45, 2.75) is 19.8 Å². The standard InChI is InChI=1S/C16H16Cl2N2O2S/c1-11-9-12(17)4-6-14(11)22-8-2-3-16(21)20-19-10-13-5-7-15(18)23-13/h4-7,9-10H,2-3,8H2,1H3,(H,20,21). The molecular formula is C16H16Cl2N2O2S. The summed E-state index contributed by atoms with van der Waals surface area (Å²) >= 11 is 13.1. The number of carbonyl (C=O) groups excluding carboxylic acids is 1. The van der Waals surface area contributed by atoms with E-state index in [0.717, 1.165) is 16.2 Å². The lowest BCUT2D eigenvalue weighted by Crippen LogP contribution is -2.18. The highest BCUT2D eigenvalue weighted by atomic mass is 35.5. The molecular weight excluding hydrogens is 355 g/mol. The first-order valence-electron chi connectivity index (χ1n) is 7.01. The molecule has 0 aliphatic heterocycles. The fourth-order valence-corrected chi connectivity index (χ4v) is 2.97. The van der Waals surface area contributed by atoms with Gasteiger partial charge in [-0.15, -0.1) is 11.3 Å². The Hall–Kier alpha value is -1.56. The van der Waals surface area contributed by atoms with Gasteiger partial charge in [0.1, 0.15) is 5.75 Å². The predicted molar refractivity (Wildman–Crippen MR) is 96.0 cm³/mol. The molecule has 2 rings (SSSR count). The number of aryl methyl sites for hydroxylation is 1. The molecule has 1 aromatic heterocycles. The van der Waals surface area contributed by atoms with E-state index < -0.39 is 0 Å². The average molecular weight is 371 g/mol. The van der Waals surface area contributed by atoms with Crippen LogP contribution in [-0.2, 0) is 4.79 Å². The zero-order chi connectivity index (χ0) is 16.7. The van der Waals surface area contributed by atoms with Crippen LogP contribution in [0, 0.1) is 6.92 Å². The minimum atomic E-state index is -0.152. The molecule has 0 atom stereocenters. The minimum absolute atomic E-state index is 0.152. The molecule has 1 N–H and O–H groups in total. The van der Waals surface area contributed by atoms with E-state index in [-0.39, 0.29) is 5.91 Å². The van der Waals surface area contributed by atoms with Crippen LogP contribution in [0.15, 0.2) is 35.4 Å². The van der Waals surface area contributed by atoms with Crippen molar-refractivity contribution in [3.63, 3.8) is 0 Å². The van der Waals surface area contributed by atoms with Crippen LogP contribution in [0.4, 0.5) is 0 Å². The maximum Gasteiger partial charge on any atom is 0.240 e. The lowest BCUT2D eigenvalue weighted by atomic mass is 10.2. The van der Waals surface area contributed by atoms with Gasteiger partial charge in [-0.25, -0.2) is 5.43 Å². The molecule has 23 heavy (non-hydrogen) atoms. The number of nitrogens with zero attached hydrogens (tertiary/aromatic N) is 1. The largest absolute Gasteiger partial charge is 0.493 e. The summed E-state index contributed by atoms with van der Waals surface area (Å²) in [5, 5.41) is 4.57. The maximum absolute atomic E-state index is 11.6. The Morgan fingerprint density at radius 3 is 2.87 bits per heavy atom. The number of carbonyl (C=O) groups is 1. The third-order valence-corrected chi connectivity index (χ3v) is 4.32. The van der Waals surface area contributed by atoms with Crippen molar-refractivity contribution < 1.29 is 9.53 Å². The van der Waals surface area contributed by atoms with E-state index >= 15 is 0 Å². The Morgan fingerprint density at radius 1 is 1.35 bits per heavy atom. The van der Waals surface area contributed by atoms with Gasteiger partial charge in [0.25, 0.3) is 0 Å². The van der Waals surface area contributed by atoms with Gasteiger partial charge in [-0.05, 0) is 49.2 Å². The molecule has 0 radical (unpaired) electrons. The normalized spacial score (nSPS) is 10.9. The number of amides is 1. The fraction of sp³-hybridized carbons (Fsp3) is 0.250. The zero-order valence-electron chi connectivity index (χ0n) is 12.5. The van der Waals surface area contributed by atoms with Gasteiger partial charge in [0, 0.05) is 16.3 Å². The van der Waals surface area contributed by atoms with Crippen LogP contribution in [-0.4, -0.2) is 18.7 Å². The number of hydrogen-bond donors (Lipinski definition) is 1. The maximum atomic E-state index is 11.6. The van der Waals surface area contributed by atoms with E-state index in [4.69, 9.17) is 27.9 Å². The number of thiophene rings is 1. The number of benzene rings is 1. The third-order valence-electron chi connectivity index (χ3n) is 2.92. The highest BCUT2D eigenvalue weighted by molar-refractivity contribution is 7.17. The van der Waals surface area contributed by atoms with Gasteiger partial charge in [-0.3, -0.25) is 4.79 Å². The van der Waals surface area contributed by atoms with Gasteiger partial charge in [-0.2, -0.15) is 5.10 Å². The monoisotopic (exact) mass is 370 g/mol. The molecule has 1 heterocycles. The number of ether oxygens (including phenoxy) is 1. The Morgan fingerprint density at radius 2 is 2.17 bits per heavy atom. The molecule has 0 aliphatic rings. The lowest BCUT2D eigenvalue weighted by molar-refractivity contribution is -0.121. The summed E-state index contributed by atoms with van der Waals surface area (Å²) in [6.07, 6.45) is 2.52. The van der Waals surface area contributed by atoms with E-state index in [0.29, 0.717) is 28.8 Å². The molecule has 0 fully saturated rings. The second-order valence-electron chi connectivity index (χ2n) is 4.80. The van der Waals surface area contributed by atoms with Crippen LogP contribution in [0.2, 0.25) is 9.36 Å². The van der Waals surface area contributed by atoms with Crippen molar-refractivity contribution in [2.24, 2.45) is 5.10 Å². The molecule has 0 aliphatic carbocycles. The lowest BCUT2D eigenvalue weighted by Gasteiger charge is -2.08. The molecule has 2 aromatic rings. The summed E-state index contributed by atoms with van der Waals surface area (Å²) in [5.74, 6) is 0.628. The number of rotatable bonds is 7. The molecule has 7 heteroatoms. The highest BCUT2D eigenvalue weighted by Crippen LogP contribution is 2.22. The smallest absolute Gasteiger partial charge is 0.240 e. The zero-order valence-corrected chi connectivity index (χ0v) is 14.8. The Bertz CT molecular complexity index is 701. The first kappa shape index (κ1) is 17.8. The van der Waals surface area contributed by atoms with Crippen molar-refractivity contribution in [3.8, 4) is 5.75 Å². The van der Waals surface area contributed by atoms with Crippen LogP contribution in [0.1, 0.15) is 23.3 Å². The summed E-state index contributed by atoms with van der Waals surface area (Å²) < 4.78 is 6.32. The predicted octanol–water partition coefficient (Wildman–Crippen LogP) is 4.67. The van der Waals surface area contributed by atoms with Gasteiger partial charge in [0.05, 0.1) is 17.2 Å². The highest BCUT2D eigenvalue weighted by Gasteiger charge is 2.03. The quantitative estimate of drug-likeness (QED) is 0.437. The van der Waals surface area contributed by atoms with E-state index in [1.165, 1.54) is 11.3 Å². The molecule has 0 bridgehead atoms. The van der Waals surface area contributed by atoms with E-state index in [1.807, 2.05) is 25.1 Å². The second kappa shape index (κ2) is 8.91. The summed E-state index contributed by atoms with van der Waals surface area (Å²) in [4.78, 5) is 12.5. The number of hydrogen-bond acceptors (Lipinski definition) is 4. The molecule has 1 amide bonds. The molecule has 0 saturated carbocycles. The Labute approximate surface area is 149 Å². The van der Waals surface area contributed by atoms with Crippen molar-refractivity contribution in [1.82, 2.24) is 5.43 Å². The third kappa shape index (κ3) is 6.22. The summed E-state index contributed by atoms with van der Waals surface area (Å²) in [5.41, 5.74) is 3.45. The summed E-state index contributed by atoms with van der Waals surface area (Å²) in [6.45, 7) is 2.39. The average Bonchev–Trinajstić information content (AvgIpc) is 2.91. The topological polar surface area (TPSA) is 50.7 Å². The minimum Gasteiger partial charge on any atom is -0.493 e. The number of halogens is 2. The summed E-state index contributed by atoms with van der Waals surface area (Å²) in [6, 6.07) is 9.07. The number of nitrogens with one attached hydrogen (secondary N) is 1. The molecule has 0 unspecified atom stereocenters. The van der Waals surface area contributed by atoms with Crippen molar-refractivity contribution in [2.75, 3.05) is 6.61 Å². The second-order valence-corrected chi connectivity index (χ2v) is 6.98. The van der Waals surface area contributed by atoms with Crippen molar-refractivity contribution in [3.05, 3.63) is 50.1 Å². The first-order valence-corrected chi connectivity index (χ1v) is 8.58. The molecule has 0 saturated heterocycles. The molecule has 122 valence electrons. The van der Waals surface area contributed by atoms with Gasteiger partial charge < -0.3 is 4.74 Å². The van der Waals surface area contributed by atoms with Crippen LogP contribution in [0.25, 0.3) is 0 Å². The molecule has 1 aromatic carbocycles. The van der Waals surface area contributed by atoms with E-state index in [2.05, 4.69) is 10.5 Å². The van der Waals surface area contributed by atoms with E-state index in [1.54, 1.807) is 18.3 Å². The Kier molecular flexibility index (Phi) is 6.89. The molecule has 0 spiro atoms. The fourth-order valence-electron chi connectivity index (χ4n) is 1.81. The van der Waals surface area contributed by atoms with Crippen LogP contribution >= 0.6 is 34.5 Å². The first-order chi connectivity index (χ1) is 11.0. The van der Waals surface area contributed by atoms with Gasteiger partial charge in [0.2, 0.25) is 5.91 Å². The van der Waals surface area contributed by atoms with E-state index in [9.17, 15) is 4.79 Å². The SMILES string of the molecule is Cc1cc(Cl)ccc1OCCCC(=O)NN=Cc1ccc(Cl)s1. The molecule has 4 nitrogen and oxygen atoms in total. The van der Waals surface area contributed by atoms with Crippen LogP contribution in [0.3, 0.4) is 0 Å². The van der Waals surface area contributed by atoms with Gasteiger partial charge in [0.15, 0.2) is 0 Å².